The first-order valence-corrected chi connectivity index (χ1v) is 14.9. The number of carbonyl (C=O) groups is 2. The van der Waals surface area contributed by atoms with Crippen LogP contribution in [0.5, 0.6) is 17.2 Å². The molecule has 0 saturated heterocycles. The Labute approximate surface area is 253 Å². The number of benzene rings is 4. The molecule has 0 aromatic heterocycles. The maximum Gasteiger partial charge on any atom is 0.305 e. The minimum atomic E-state index is -2.66. The fraction of sp³-hybridized carbons (Fsp3) is 0.212. The summed E-state index contributed by atoms with van der Waals surface area (Å²) < 4.78 is 42.6. The summed E-state index contributed by atoms with van der Waals surface area (Å²) >= 11 is -2.66. The van der Waals surface area contributed by atoms with E-state index >= 15 is 0 Å². The van der Waals surface area contributed by atoms with Crippen LogP contribution in [0.25, 0.3) is 0 Å². The third-order valence-corrected chi connectivity index (χ3v) is 7.17. The van der Waals surface area contributed by atoms with Gasteiger partial charge in [0.25, 0.3) is 5.91 Å². The van der Waals surface area contributed by atoms with Gasteiger partial charge in [-0.3, -0.25) is 18.1 Å². The smallest absolute Gasteiger partial charge is 0.305 e. The van der Waals surface area contributed by atoms with Gasteiger partial charge in [0.2, 0.25) is 0 Å². The average molecular weight is 602 g/mol. The number of amides is 1. The highest BCUT2D eigenvalue weighted by atomic mass is 32.2. The van der Waals surface area contributed by atoms with Gasteiger partial charge in [-0.2, -0.15) is 0 Å². The molecule has 4 rings (SSSR count). The zero-order valence-electron chi connectivity index (χ0n) is 24.0. The van der Waals surface area contributed by atoms with E-state index < -0.39 is 17.2 Å². The molecular formula is C33H33N2O7S-. The average Bonchev–Trinajstić information content (AvgIpc) is 3.03. The van der Waals surface area contributed by atoms with Crippen LogP contribution in [0.15, 0.2) is 97.1 Å². The summed E-state index contributed by atoms with van der Waals surface area (Å²) in [6.07, 6.45) is 2.20. The summed E-state index contributed by atoms with van der Waals surface area (Å²) in [5.74, 6) is 0.954. The number of nitrogens with zero attached hydrogens (tertiary/aromatic N) is 1. The highest BCUT2D eigenvalue weighted by Crippen LogP contribution is 2.35. The van der Waals surface area contributed by atoms with Gasteiger partial charge in [-0.15, -0.1) is 0 Å². The SMILES string of the molecule is CCCCOc1ccc(N(c2ccc(Oc3ccc(NC(=O)c4ccccc4)cc3)cc2CCC(=O)OC)S(=O)[O-])cc1. The van der Waals surface area contributed by atoms with Crippen LogP contribution in [0.1, 0.15) is 42.1 Å². The van der Waals surface area contributed by atoms with E-state index in [1.807, 2.05) is 6.07 Å². The first kappa shape index (κ1) is 31.3. The monoisotopic (exact) mass is 601 g/mol. The fourth-order valence-electron chi connectivity index (χ4n) is 4.22. The van der Waals surface area contributed by atoms with E-state index in [2.05, 4.69) is 12.2 Å². The third kappa shape index (κ3) is 8.91. The Bertz CT molecular complexity index is 1530. The van der Waals surface area contributed by atoms with Crippen molar-refractivity contribution in [3.63, 3.8) is 0 Å². The molecule has 10 heteroatoms. The van der Waals surface area contributed by atoms with Crippen molar-refractivity contribution in [1.82, 2.24) is 0 Å². The number of ether oxygens (including phenoxy) is 3. The number of aryl methyl sites for hydroxylation is 1. The van der Waals surface area contributed by atoms with Crippen LogP contribution in [-0.2, 0) is 27.2 Å². The lowest BCUT2D eigenvalue weighted by Crippen LogP contribution is -2.21. The molecule has 0 aliphatic carbocycles. The van der Waals surface area contributed by atoms with Crippen LogP contribution in [0.2, 0.25) is 0 Å². The van der Waals surface area contributed by atoms with Gasteiger partial charge >= 0.3 is 5.97 Å². The lowest BCUT2D eigenvalue weighted by atomic mass is 10.1. The van der Waals surface area contributed by atoms with E-state index in [4.69, 9.17) is 14.2 Å². The van der Waals surface area contributed by atoms with Crippen LogP contribution in [0.4, 0.5) is 17.1 Å². The summed E-state index contributed by atoms with van der Waals surface area (Å²) in [5, 5.41) is 2.84. The third-order valence-electron chi connectivity index (χ3n) is 6.47. The summed E-state index contributed by atoms with van der Waals surface area (Å²) in [4.78, 5) is 24.4. The largest absolute Gasteiger partial charge is 0.755 e. The Hall–Kier alpha value is -4.67. The van der Waals surface area contributed by atoms with Crippen LogP contribution in [0, 0.1) is 0 Å². The van der Waals surface area contributed by atoms with Gasteiger partial charge in [0.05, 0.1) is 36.4 Å². The van der Waals surface area contributed by atoms with Gasteiger partial charge in [-0.1, -0.05) is 31.5 Å². The lowest BCUT2D eigenvalue weighted by Gasteiger charge is -2.29. The number of esters is 1. The maximum absolute atomic E-state index is 12.5. The molecule has 0 fully saturated rings. The van der Waals surface area contributed by atoms with E-state index in [1.54, 1.807) is 91.0 Å². The summed E-state index contributed by atoms with van der Waals surface area (Å²) in [6, 6.07) is 27.6. The minimum absolute atomic E-state index is 0.0479. The first-order valence-electron chi connectivity index (χ1n) is 13.8. The molecule has 4 aromatic carbocycles. The lowest BCUT2D eigenvalue weighted by molar-refractivity contribution is -0.140. The van der Waals surface area contributed by atoms with Crippen molar-refractivity contribution in [1.29, 1.82) is 0 Å². The molecule has 0 heterocycles. The second-order valence-corrected chi connectivity index (χ2v) is 10.3. The van der Waals surface area contributed by atoms with Gasteiger partial charge in [0, 0.05) is 17.7 Å². The van der Waals surface area contributed by atoms with Crippen molar-refractivity contribution in [2.24, 2.45) is 0 Å². The molecule has 0 aliphatic heterocycles. The highest BCUT2D eigenvalue weighted by molar-refractivity contribution is 7.81. The molecule has 9 nitrogen and oxygen atoms in total. The number of hydrogen-bond donors (Lipinski definition) is 1. The molecule has 0 bridgehead atoms. The number of rotatable bonds is 14. The summed E-state index contributed by atoms with van der Waals surface area (Å²) in [6.45, 7) is 2.66. The molecule has 0 radical (unpaired) electrons. The molecular weight excluding hydrogens is 568 g/mol. The Morgan fingerprint density at radius 1 is 0.884 bits per heavy atom. The standard InChI is InChI=1S/C33H34N2O7S/c1-3-4-22-41-28-17-13-27(14-18-28)35(43(38)39)31-20-19-30(23-25(31)10-21-32(36)40-2)42-29-15-11-26(12-16-29)34-33(37)24-8-6-5-7-9-24/h5-9,11-20,23H,3-4,10,21-22H2,1-2H3,(H,34,37)(H,38,39)/p-1. The molecule has 1 atom stereocenters. The number of unbranched alkanes of at least 4 members (excludes halogenated alkanes) is 1. The van der Waals surface area contributed by atoms with Gasteiger partial charge in [-0.25, -0.2) is 0 Å². The molecule has 1 amide bonds. The Morgan fingerprint density at radius 3 is 2.21 bits per heavy atom. The maximum atomic E-state index is 12.5. The Balaban J connectivity index is 1.54. The van der Waals surface area contributed by atoms with Gasteiger partial charge in [0.1, 0.15) is 17.2 Å². The molecule has 1 N–H and O–H groups in total. The van der Waals surface area contributed by atoms with E-state index in [0.29, 0.717) is 52.0 Å². The molecule has 0 spiro atoms. The summed E-state index contributed by atoms with van der Waals surface area (Å²) in [5.41, 5.74) is 2.51. The van der Waals surface area contributed by atoms with Crippen molar-refractivity contribution < 1.29 is 32.6 Å². The number of nitrogens with one attached hydrogen (secondary N) is 1. The molecule has 1 unspecified atom stereocenters. The molecule has 0 saturated carbocycles. The highest BCUT2D eigenvalue weighted by Gasteiger charge is 2.17. The van der Waals surface area contributed by atoms with Gasteiger partial charge in [-0.05, 0) is 97.3 Å². The van der Waals surface area contributed by atoms with E-state index in [9.17, 15) is 18.4 Å². The van der Waals surface area contributed by atoms with Crippen molar-refractivity contribution in [2.45, 2.75) is 32.6 Å². The Kier molecular flexibility index (Phi) is 11.3. The topological polar surface area (TPSA) is 117 Å². The fourth-order valence-corrected chi connectivity index (χ4v) is 4.85. The van der Waals surface area contributed by atoms with Crippen LogP contribution in [-0.4, -0.2) is 34.4 Å². The minimum Gasteiger partial charge on any atom is -0.755 e. The number of hydrogen-bond acceptors (Lipinski definition) is 7. The first-order chi connectivity index (χ1) is 20.9. The van der Waals surface area contributed by atoms with Crippen molar-refractivity contribution in [2.75, 3.05) is 23.3 Å². The van der Waals surface area contributed by atoms with Crippen LogP contribution >= 0.6 is 0 Å². The quantitative estimate of drug-likeness (QED) is 0.0944. The van der Waals surface area contributed by atoms with E-state index in [1.165, 1.54) is 7.11 Å². The Morgan fingerprint density at radius 2 is 1.56 bits per heavy atom. The van der Waals surface area contributed by atoms with Crippen LogP contribution < -0.4 is 19.1 Å². The van der Waals surface area contributed by atoms with Crippen molar-refractivity contribution in [3.8, 4) is 17.2 Å². The van der Waals surface area contributed by atoms with Crippen LogP contribution in [0.3, 0.4) is 0 Å². The predicted molar refractivity (Wildman–Crippen MR) is 166 cm³/mol. The van der Waals surface area contributed by atoms with Gasteiger partial charge < -0.3 is 24.1 Å². The second kappa shape index (κ2) is 15.5. The second-order valence-electron chi connectivity index (χ2n) is 9.52. The number of anilines is 3. The van der Waals surface area contributed by atoms with Gasteiger partial charge in [0.15, 0.2) is 0 Å². The number of methoxy groups -OCH3 is 1. The number of carbonyl (C=O) groups excluding carboxylic acids is 2. The summed E-state index contributed by atoms with van der Waals surface area (Å²) in [7, 11) is 1.30. The van der Waals surface area contributed by atoms with E-state index in [-0.39, 0.29) is 18.7 Å². The molecule has 0 aliphatic rings. The zero-order valence-corrected chi connectivity index (χ0v) is 24.8. The molecule has 224 valence electrons. The van der Waals surface area contributed by atoms with E-state index in [0.717, 1.165) is 17.1 Å². The van der Waals surface area contributed by atoms with Crippen molar-refractivity contribution in [3.05, 3.63) is 108 Å². The normalized spacial score (nSPS) is 11.3. The molecule has 43 heavy (non-hydrogen) atoms. The van der Waals surface area contributed by atoms with Crippen molar-refractivity contribution >= 4 is 40.2 Å². The zero-order chi connectivity index (χ0) is 30.6. The predicted octanol–water partition coefficient (Wildman–Crippen LogP) is 6.95. The molecule has 4 aromatic rings.